The normalized spacial score (nSPS) is 16.0. The number of hydrogen-bond acceptors (Lipinski definition) is 3. The Hall–Kier alpha value is -1.68. The van der Waals surface area contributed by atoms with Gasteiger partial charge < -0.3 is 5.32 Å². The molecule has 21 heavy (non-hydrogen) atoms. The van der Waals surface area contributed by atoms with Crippen LogP contribution in [0, 0.1) is 5.92 Å². The molecule has 0 unspecified atom stereocenters. The van der Waals surface area contributed by atoms with Crippen LogP contribution in [0.5, 0.6) is 0 Å². The van der Waals surface area contributed by atoms with Gasteiger partial charge in [-0.05, 0) is 30.9 Å². The zero-order valence-electron chi connectivity index (χ0n) is 11.8. The lowest BCUT2D eigenvalue weighted by Gasteiger charge is -2.21. The summed E-state index contributed by atoms with van der Waals surface area (Å²) in [5.74, 6) is 0.514. The number of rotatable bonds is 3. The van der Waals surface area contributed by atoms with E-state index in [9.17, 15) is 4.79 Å². The lowest BCUT2D eigenvalue weighted by atomic mass is 9.87. The molecule has 2 heterocycles. The summed E-state index contributed by atoms with van der Waals surface area (Å²) in [6, 6.07) is 3.72. The van der Waals surface area contributed by atoms with Crippen molar-refractivity contribution in [3.05, 3.63) is 29.7 Å². The Kier molecular flexibility index (Phi) is 4.34. The number of nitrogens with one attached hydrogen (secondary N) is 1. The van der Waals surface area contributed by atoms with Gasteiger partial charge in [-0.1, -0.05) is 30.9 Å². The first-order valence-electron chi connectivity index (χ1n) is 7.43. The molecule has 110 valence electrons. The van der Waals surface area contributed by atoms with Gasteiger partial charge in [-0.15, -0.1) is 0 Å². The summed E-state index contributed by atoms with van der Waals surface area (Å²) >= 11 is 6.14. The Morgan fingerprint density at radius 1 is 1.29 bits per heavy atom. The number of fused-ring (bicyclic) bond motifs is 1. The summed E-state index contributed by atoms with van der Waals surface area (Å²) < 4.78 is 0. The first-order chi connectivity index (χ1) is 10.2. The molecule has 1 fully saturated rings. The molecule has 1 aliphatic rings. The fourth-order valence-electron chi connectivity index (χ4n) is 2.99. The number of anilines is 1. The van der Waals surface area contributed by atoms with Crippen LogP contribution in [0.25, 0.3) is 10.9 Å². The van der Waals surface area contributed by atoms with Crippen molar-refractivity contribution in [3.63, 3.8) is 0 Å². The highest BCUT2D eigenvalue weighted by atomic mass is 35.5. The smallest absolute Gasteiger partial charge is 0.224 e. The van der Waals surface area contributed by atoms with Crippen molar-refractivity contribution in [3.8, 4) is 0 Å². The molecule has 1 N–H and O–H groups in total. The summed E-state index contributed by atoms with van der Waals surface area (Å²) in [5, 5.41) is 4.07. The highest BCUT2D eigenvalue weighted by molar-refractivity contribution is 6.34. The zero-order chi connectivity index (χ0) is 14.7. The van der Waals surface area contributed by atoms with Crippen molar-refractivity contribution >= 4 is 34.1 Å². The van der Waals surface area contributed by atoms with Gasteiger partial charge in [-0.25, -0.2) is 4.98 Å². The number of hydrogen-bond donors (Lipinski definition) is 1. The van der Waals surface area contributed by atoms with E-state index in [0.717, 1.165) is 23.7 Å². The molecule has 1 aliphatic carbocycles. The molecule has 3 rings (SSSR count). The zero-order valence-corrected chi connectivity index (χ0v) is 12.6. The van der Waals surface area contributed by atoms with Gasteiger partial charge in [0.15, 0.2) is 5.15 Å². The lowest BCUT2D eigenvalue weighted by molar-refractivity contribution is -0.117. The molecule has 2 aromatic heterocycles. The Balaban J connectivity index is 1.77. The molecule has 0 aliphatic heterocycles. The molecule has 0 saturated heterocycles. The Morgan fingerprint density at radius 2 is 2.10 bits per heavy atom. The molecule has 5 heteroatoms. The Morgan fingerprint density at radius 3 is 2.90 bits per heavy atom. The summed E-state index contributed by atoms with van der Waals surface area (Å²) in [6.07, 6.45) is 9.94. The van der Waals surface area contributed by atoms with Crippen LogP contribution in [-0.4, -0.2) is 15.9 Å². The van der Waals surface area contributed by atoms with E-state index in [2.05, 4.69) is 15.3 Å². The molecule has 0 atom stereocenters. The van der Waals surface area contributed by atoms with Crippen LogP contribution in [-0.2, 0) is 4.79 Å². The largest absolute Gasteiger partial charge is 0.323 e. The number of halogens is 1. The van der Waals surface area contributed by atoms with Crippen molar-refractivity contribution in [2.45, 2.75) is 38.5 Å². The average molecular weight is 304 g/mol. The molecule has 1 saturated carbocycles. The van der Waals surface area contributed by atoms with Crippen LogP contribution in [0.15, 0.2) is 24.5 Å². The quantitative estimate of drug-likeness (QED) is 0.865. The van der Waals surface area contributed by atoms with Crippen LogP contribution in [0.4, 0.5) is 5.69 Å². The predicted octanol–water partition coefficient (Wildman–Crippen LogP) is 4.19. The van der Waals surface area contributed by atoms with Gasteiger partial charge in [0.25, 0.3) is 0 Å². The maximum Gasteiger partial charge on any atom is 0.224 e. The van der Waals surface area contributed by atoms with Gasteiger partial charge in [0.1, 0.15) is 0 Å². The van der Waals surface area contributed by atoms with E-state index in [1.54, 1.807) is 12.4 Å². The molecule has 2 aromatic rings. The summed E-state index contributed by atoms with van der Waals surface area (Å²) in [6.45, 7) is 0. The molecule has 0 radical (unpaired) electrons. The van der Waals surface area contributed by atoms with Gasteiger partial charge in [-0.2, -0.15) is 0 Å². The van der Waals surface area contributed by atoms with Crippen molar-refractivity contribution in [1.29, 1.82) is 0 Å². The molecule has 4 nitrogen and oxygen atoms in total. The maximum absolute atomic E-state index is 12.3. The number of carbonyl (C=O) groups is 1. The van der Waals surface area contributed by atoms with Gasteiger partial charge in [0.05, 0.1) is 17.4 Å². The first-order valence-corrected chi connectivity index (χ1v) is 7.81. The van der Waals surface area contributed by atoms with E-state index in [1.807, 2.05) is 12.1 Å². The van der Waals surface area contributed by atoms with Crippen LogP contribution in [0.2, 0.25) is 5.15 Å². The molecule has 1 amide bonds. The molecule has 0 spiro atoms. The van der Waals surface area contributed by atoms with E-state index in [1.165, 1.54) is 19.3 Å². The van der Waals surface area contributed by atoms with Gasteiger partial charge >= 0.3 is 0 Å². The van der Waals surface area contributed by atoms with Gasteiger partial charge in [0.2, 0.25) is 5.91 Å². The van der Waals surface area contributed by atoms with Crippen LogP contribution in [0.1, 0.15) is 38.5 Å². The SMILES string of the molecule is O=C(CC1CCCCC1)Nc1c(Cl)ncc2ncccc12. The monoisotopic (exact) mass is 303 g/mol. The topological polar surface area (TPSA) is 54.9 Å². The Labute approximate surface area is 128 Å². The third-order valence-electron chi connectivity index (χ3n) is 4.08. The minimum atomic E-state index is 0.0157. The van der Waals surface area contributed by atoms with Crippen molar-refractivity contribution in [2.24, 2.45) is 5.92 Å². The maximum atomic E-state index is 12.3. The number of amides is 1. The second kappa shape index (κ2) is 6.39. The van der Waals surface area contributed by atoms with Crippen molar-refractivity contribution < 1.29 is 4.79 Å². The highest BCUT2D eigenvalue weighted by Crippen LogP contribution is 2.30. The van der Waals surface area contributed by atoms with Gasteiger partial charge in [0, 0.05) is 18.0 Å². The third-order valence-corrected chi connectivity index (χ3v) is 4.36. The summed E-state index contributed by atoms with van der Waals surface area (Å²) in [7, 11) is 0. The number of aromatic nitrogens is 2. The highest BCUT2D eigenvalue weighted by Gasteiger charge is 2.18. The molecular formula is C16H18ClN3O. The van der Waals surface area contributed by atoms with E-state index in [0.29, 0.717) is 23.2 Å². The first kappa shape index (κ1) is 14.3. The van der Waals surface area contributed by atoms with E-state index < -0.39 is 0 Å². The van der Waals surface area contributed by atoms with E-state index in [-0.39, 0.29) is 5.91 Å². The van der Waals surface area contributed by atoms with Crippen LogP contribution in [0.3, 0.4) is 0 Å². The van der Waals surface area contributed by atoms with Gasteiger partial charge in [-0.3, -0.25) is 9.78 Å². The average Bonchev–Trinajstić information content (AvgIpc) is 2.51. The standard InChI is InChI=1S/C16H18ClN3O/c17-16-15(12-7-4-8-18-13(12)10-19-16)20-14(21)9-11-5-2-1-3-6-11/h4,7-8,10-11H,1-3,5-6,9H2,(H,20,21). The number of pyridine rings is 2. The molecule has 0 bridgehead atoms. The number of nitrogens with zero attached hydrogens (tertiary/aromatic N) is 2. The number of carbonyl (C=O) groups excluding carboxylic acids is 1. The molecule has 0 aromatic carbocycles. The van der Waals surface area contributed by atoms with E-state index in [4.69, 9.17) is 11.6 Å². The fraction of sp³-hybridized carbons (Fsp3) is 0.438. The van der Waals surface area contributed by atoms with Crippen LogP contribution < -0.4 is 5.32 Å². The van der Waals surface area contributed by atoms with E-state index >= 15 is 0 Å². The Bertz CT molecular complexity index is 653. The minimum Gasteiger partial charge on any atom is -0.323 e. The van der Waals surface area contributed by atoms with Crippen molar-refractivity contribution in [2.75, 3.05) is 5.32 Å². The predicted molar refractivity (Wildman–Crippen MR) is 84.4 cm³/mol. The summed E-state index contributed by atoms with van der Waals surface area (Å²) in [5.41, 5.74) is 1.30. The fourth-order valence-corrected chi connectivity index (χ4v) is 3.19. The lowest BCUT2D eigenvalue weighted by Crippen LogP contribution is -2.18. The second-order valence-electron chi connectivity index (χ2n) is 5.62. The van der Waals surface area contributed by atoms with Crippen LogP contribution >= 0.6 is 11.6 Å². The minimum absolute atomic E-state index is 0.0157. The molecular weight excluding hydrogens is 286 g/mol. The summed E-state index contributed by atoms with van der Waals surface area (Å²) in [4.78, 5) is 20.6. The van der Waals surface area contributed by atoms with Crippen molar-refractivity contribution in [1.82, 2.24) is 9.97 Å². The second-order valence-corrected chi connectivity index (χ2v) is 5.97. The third kappa shape index (κ3) is 3.32.